The maximum atomic E-state index is 14.8. The summed E-state index contributed by atoms with van der Waals surface area (Å²) < 4.78 is 14.8. The van der Waals surface area contributed by atoms with Crippen LogP contribution in [-0.2, 0) is 22.4 Å². The van der Waals surface area contributed by atoms with E-state index in [-0.39, 0.29) is 30.1 Å². The SMILES string of the molecule is CC1C2C3CC(C(C(=O)NC(N)Cc4ccc(-c5ccc6c(c5)CC(=O)N6)cc4F)N3)C12. The first-order valence-corrected chi connectivity index (χ1v) is 11.4. The minimum absolute atomic E-state index is 0.0261. The van der Waals surface area contributed by atoms with E-state index in [1.165, 1.54) is 6.07 Å². The van der Waals surface area contributed by atoms with E-state index in [0.29, 0.717) is 35.8 Å². The largest absolute Gasteiger partial charge is 0.339 e. The number of fused-ring (bicyclic) bond motifs is 6. The quantitative estimate of drug-likeness (QED) is 0.543. The van der Waals surface area contributed by atoms with Crippen LogP contribution in [0.3, 0.4) is 0 Å². The Balaban J connectivity index is 1.11. The van der Waals surface area contributed by atoms with E-state index in [4.69, 9.17) is 5.73 Å². The number of hydrogen-bond donors (Lipinski definition) is 4. The smallest absolute Gasteiger partial charge is 0.238 e. The van der Waals surface area contributed by atoms with Crippen LogP contribution in [0.1, 0.15) is 24.5 Å². The van der Waals surface area contributed by atoms with Gasteiger partial charge in [-0.25, -0.2) is 4.39 Å². The van der Waals surface area contributed by atoms with Gasteiger partial charge in [0.15, 0.2) is 0 Å². The van der Waals surface area contributed by atoms with E-state index in [1.54, 1.807) is 6.07 Å². The number of carbonyl (C=O) groups is 2. The Morgan fingerprint density at radius 1 is 1.22 bits per heavy atom. The molecule has 0 spiro atoms. The van der Waals surface area contributed by atoms with Gasteiger partial charge in [0.2, 0.25) is 11.8 Å². The Bertz CT molecular complexity index is 1130. The molecule has 0 aromatic heterocycles. The third kappa shape index (κ3) is 3.14. The molecule has 6 nitrogen and oxygen atoms in total. The van der Waals surface area contributed by atoms with Crippen LogP contribution in [0, 0.1) is 29.5 Å². The van der Waals surface area contributed by atoms with Gasteiger partial charge in [0.05, 0.1) is 18.6 Å². The molecule has 2 amide bonds. The van der Waals surface area contributed by atoms with Gasteiger partial charge in [-0.2, -0.15) is 0 Å². The number of amides is 2. The summed E-state index contributed by atoms with van der Waals surface area (Å²) >= 11 is 0. The van der Waals surface area contributed by atoms with Gasteiger partial charge in [-0.15, -0.1) is 0 Å². The van der Waals surface area contributed by atoms with Gasteiger partial charge < -0.3 is 21.7 Å². The van der Waals surface area contributed by atoms with Gasteiger partial charge in [0, 0.05) is 18.2 Å². The second-order valence-corrected chi connectivity index (χ2v) is 9.89. The lowest BCUT2D eigenvalue weighted by Crippen LogP contribution is -2.53. The van der Waals surface area contributed by atoms with Crippen molar-refractivity contribution in [2.45, 2.75) is 44.4 Å². The second kappa shape index (κ2) is 7.12. The predicted molar refractivity (Wildman–Crippen MR) is 119 cm³/mol. The lowest BCUT2D eigenvalue weighted by Gasteiger charge is -2.24. The van der Waals surface area contributed by atoms with Crippen LogP contribution in [0.2, 0.25) is 0 Å². The summed E-state index contributed by atoms with van der Waals surface area (Å²) in [5, 5.41) is 9.16. The molecule has 0 radical (unpaired) electrons. The third-order valence-corrected chi connectivity index (χ3v) is 7.99. The Labute approximate surface area is 186 Å². The highest BCUT2D eigenvalue weighted by Crippen LogP contribution is 2.64. The van der Waals surface area contributed by atoms with E-state index in [1.807, 2.05) is 24.3 Å². The Morgan fingerprint density at radius 2 is 2.00 bits per heavy atom. The minimum atomic E-state index is -0.645. The summed E-state index contributed by atoms with van der Waals surface area (Å²) in [6.07, 6.45) is 1.00. The van der Waals surface area contributed by atoms with Crippen molar-refractivity contribution < 1.29 is 14.0 Å². The van der Waals surface area contributed by atoms with Crippen LogP contribution in [0.5, 0.6) is 0 Å². The van der Waals surface area contributed by atoms with E-state index < -0.39 is 6.17 Å². The average molecular weight is 435 g/mol. The van der Waals surface area contributed by atoms with Crippen molar-refractivity contribution >= 4 is 17.5 Å². The molecule has 1 saturated heterocycles. The van der Waals surface area contributed by atoms with Crippen molar-refractivity contribution in [2.75, 3.05) is 5.32 Å². The Hall–Kier alpha value is -2.77. The van der Waals surface area contributed by atoms with Crippen LogP contribution in [-0.4, -0.2) is 30.1 Å². The van der Waals surface area contributed by atoms with E-state index in [0.717, 1.165) is 34.7 Å². The molecule has 5 N–H and O–H groups in total. The fourth-order valence-corrected chi connectivity index (χ4v) is 6.47. The highest BCUT2D eigenvalue weighted by atomic mass is 19.1. The molecular formula is C25H27FN4O2. The first-order valence-electron chi connectivity index (χ1n) is 11.4. The zero-order valence-corrected chi connectivity index (χ0v) is 17.9. The van der Waals surface area contributed by atoms with Crippen molar-refractivity contribution in [3.05, 3.63) is 53.3 Å². The summed E-state index contributed by atoms with van der Waals surface area (Å²) in [5.74, 6) is 2.09. The Morgan fingerprint density at radius 3 is 2.78 bits per heavy atom. The molecule has 2 heterocycles. The average Bonchev–Trinajstić information content (AvgIpc) is 3.11. The van der Waals surface area contributed by atoms with Crippen LogP contribution in [0.25, 0.3) is 11.1 Å². The van der Waals surface area contributed by atoms with Crippen LogP contribution >= 0.6 is 0 Å². The summed E-state index contributed by atoms with van der Waals surface area (Å²) in [6, 6.07) is 11.0. The zero-order valence-electron chi connectivity index (χ0n) is 17.9. The highest BCUT2D eigenvalue weighted by molar-refractivity contribution is 5.99. The molecule has 7 atom stereocenters. The fourth-order valence-electron chi connectivity index (χ4n) is 6.47. The fraction of sp³-hybridized carbons (Fsp3) is 0.440. The number of anilines is 1. The topological polar surface area (TPSA) is 96.2 Å². The van der Waals surface area contributed by atoms with E-state index >= 15 is 0 Å². The molecule has 2 aromatic rings. The number of piperidine rings is 1. The minimum Gasteiger partial charge on any atom is -0.339 e. The molecule has 2 bridgehead atoms. The number of hydrogen-bond acceptors (Lipinski definition) is 4. The monoisotopic (exact) mass is 434 g/mol. The van der Waals surface area contributed by atoms with Gasteiger partial charge in [-0.1, -0.05) is 25.1 Å². The van der Waals surface area contributed by atoms with Gasteiger partial charge in [0.1, 0.15) is 5.82 Å². The number of benzene rings is 2. The maximum Gasteiger partial charge on any atom is 0.238 e. The molecule has 2 aliphatic carbocycles. The summed E-state index contributed by atoms with van der Waals surface area (Å²) in [4.78, 5) is 24.3. The lowest BCUT2D eigenvalue weighted by atomic mass is 9.94. The molecule has 7 unspecified atom stereocenters. The number of rotatable bonds is 5. The molecule has 7 heteroatoms. The third-order valence-electron chi connectivity index (χ3n) is 7.99. The van der Waals surface area contributed by atoms with Gasteiger partial charge in [-0.05, 0) is 70.5 Å². The first kappa shape index (κ1) is 19.9. The molecule has 2 saturated carbocycles. The highest BCUT2D eigenvalue weighted by Gasteiger charge is 2.67. The number of halogens is 1. The van der Waals surface area contributed by atoms with Crippen LogP contribution in [0.15, 0.2) is 36.4 Å². The summed E-state index contributed by atoms with van der Waals surface area (Å²) in [5.41, 5.74) is 9.97. The van der Waals surface area contributed by atoms with Crippen molar-refractivity contribution in [1.82, 2.24) is 10.6 Å². The molecule has 32 heavy (non-hydrogen) atoms. The predicted octanol–water partition coefficient (Wildman–Crippen LogP) is 2.17. The maximum absolute atomic E-state index is 14.8. The van der Waals surface area contributed by atoms with Gasteiger partial charge >= 0.3 is 0 Å². The van der Waals surface area contributed by atoms with E-state index in [2.05, 4.69) is 22.9 Å². The molecule has 2 aromatic carbocycles. The number of nitrogens with one attached hydrogen (secondary N) is 3. The lowest BCUT2D eigenvalue weighted by molar-refractivity contribution is -0.125. The zero-order chi connectivity index (χ0) is 22.1. The molecule has 2 aliphatic heterocycles. The molecule has 4 aliphatic rings. The standard InChI is InChI=1S/C25H27FN4O2/c1-11-22-16-10-19(23(11)22)29-24(16)25(32)30-20(27)8-14-3-2-13(7-17(14)26)12-4-5-18-15(6-12)9-21(31)28-18/h2-7,11,16,19-20,22-24,29H,8-10,27H2,1H3,(H,28,31)(H,30,32). The van der Waals surface area contributed by atoms with Crippen LogP contribution < -0.4 is 21.7 Å². The van der Waals surface area contributed by atoms with Crippen molar-refractivity contribution in [3.63, 3.8) is 0 Å². The van der Waals surface area contributed by atoms with Gasteiger partial charge in [0.25, 0.3) is 0 Å². The molecule has 166 valence electrons. The molecule has 3 fully saturated rings. The first-order chi connectivity index (χ1) is 15.4. The summed E-state index contributed by atoms with van der Waals surface area (Å²) in [7, 11) is 0. The van der Waals surface area contributed by atoms with Crippen LogP contribution in [0.4, 0.5) is 10.1 Å². The molecular weight excluding hydrogens is 407 g/mol. The van der Waals surface area contributed by atoms with Crippen molar-refractivity contribution in [1.29, 1.82) is 0 Å². The summed E-state index contributed by atoms with van der Waals surface area (Å²) in [6.45, 7) is 2.27. The molecule has 6 rings (SSSR count). The van der Waals surface area contributed by atoms with Crippen molar-refractivity contribution in [3.8, 4) is 11.1 Å². The number of nitrogens with two attached hydrogens (primary N) is 1. The normalized spacial score (nSPS) is 32.3. The van der Waals surface area contributed by atoms with E-state index in [9.17, 15) is 14.0 Å². The second-order valence-electron chi connectivity index (χ2n) is 9.89. The Kier molecular flexibility index (Phi) is 4.42. The van der Waals surface area contributed by atoms with Gasteiger partial charge in [-0.3, -0.25) is 9.59 Å². The van der Waals surface area contributed by atoms with Crippen molar-refractivity contribution in [2.24, 2.45) is 29.4 Å². The number of carbonyl (C=O) groups excluding carboxylic acids is 2.